The fraction of sp³-hybridized carbons (Fsp3) is 0.259. The Balaban J connectivity index is 1.23. The number of aromatic nitrogens is 2. The average Bonchev–Trinajstić information content (AvgIpc) is 3.19. The summed E-state index contributed by atoms with van der Waals surface area (Å²) in [5.74, 6) is 1.26. The zero-order chi connectivity index (χ0) is 23.8. The number of amides is 1. The van der Waals surface area contributed by atoms with Crippen LogP contribution >= 0.6 is 11.6 Å². The number of benzene rings is 3. The maximum atomic E-state index is 13.3. The number of nitrogens with zero attached hydrogens (tertiary/aromatic N) is 2. The van der Waals surface area contributed by atoms with Crippen molar-refractivity contribution in [3.05, 3.63) is 95.0 Å². The smallest absolute Gasteiger partial charge is 0.257 e. The van der Waals surface area contributed by atoms with Gasteiger partial charge in [0.15, 0.2) is 6.61 Å². The molecule has 0 fully saturated rings. The third-order valence-electron chi connectivity index (χ3n) is 5.57. The van der Waals surface area contributed by atoms with Crippen LogP contribution in [0.1, 0.15) is 30.7 Å². The Kier molecular flexibility index (Phi) is 8.15. The van der Waals surface area contributed by atoms with Gasteiger partial charge in [-0.1, -0.05) is 42.3 Å². The third kappa shape index (κ3) is 6.58. The summed E-state index contributed by atoms with van der Waals surface area (Å²) in [6, 6.07) is 21.6. The summed E-state index contributed by atoms with van der Waals surface area (Å²) in [5, 5.41) is 3.52. The fourth-order valence-electron chi connectivity index (χ4n) is 3.81. The van der Waals surface area contributed by atoms with Crippen LogP contribution in [0.25, 0.3) is 11.0 Å². The first-order valence-corrected chi connectivity index (χ1v) is 11.8. The van der Waals surface area contributed by atoms with Crippen LogP contribution in [0.5, 0.6) is 5.75 Å². The number of para-hydroxylation sites is 2. The molecule has 0 bridgehead atoms. The number of nitrogens with one attached hydrogen (secondary N) is 1. The van der Waals surface area contributed by atoms with Gasteiger partial charge < -0.3 is 14.6 Å². The molecule has 0 spiro atoms. The highest BCUT2D eigenvalue weighted by Gasteiger charge is 2.11. The molecule has 176 valence electrons. The predicted octanol–water partition coefficient (Wildman–Crippen LogP) is 5.79. The van der Waals surface area contributed by atoms with Gasteiger partial charge in [-0.05, 0) is 66.9 Å². The minimum Gasteiger partial charge on any atom is -0.484 e. The molecule has 0 aliphatic carbocycles. The maximum Gasteiger partial charge on any atom is 0.257 e. The molecule has 5 nitrogen and oxygen atoms in total. The number of carbonyl (C=O) groups excluding carboxylic acids is 1. The molecular weight excluding hydrogens is 453 g/mol. The van der Waals surface area contributed by atoms with E-state index in [1.165, 1.54) is 12.1 Å². The highest BCUT2D eigenvalue weighted by Crippen LogP contribution is 2.20. The molecule has 0 radical (unpaired) electrons. The Bertz CT molecular complexity index is 1220. The van der Waals surface area contributed by atoms with Crippen LogP contribution in [0, 0.1) is 5.82 Å². The van der Waals surface area contributed by atoms with Crippen molar-refractivity contribution >= 4 is 28.5 Å². The van der Waals surface area contributed by atoms with Crippen molar-refractivity contribution in [1.29, 1.82) is 0 Å². The number of hydrogen-bond acceptors (Lipinski definition) is 3. The molecule has 7 heteroatoms. The zero-order valence-electron chi connectivity index (χ0n) is 18.8. The number of hydrogen-bond donors (Lipinski definition) is 1. The summed E-state index contributed by atoms with van der Waals surface area (Å²) in [7, 11) is 0. The summed E-state index contributed by atoms with van der Waals surface area (Å²) >= 11 is 5.84. The van der Waals surface area contributed by atoms with Crippen LogP contribution in [0.3, 0.4) is 0 Å². The molecule has 4 aromatic rings. The van der Waals surface area contributed by atoms with Crippen molar-refractivity contribution in [3.63, 3.8) is 0 Å². The van der Waals surface area contributed by atoms with E-state index in [2.05, 4.69) is 16.0 Å². The second kappa shape index (κ2) is 11.7. The van der Waals surface area contributed by atoms with E-state index < -0.39 is 0 Å². The fourth-order valence-corrected chi connectivity index (χ4v) is 3.93. The van der Waals surface area contributed by atoms with E-state index in [1.54, 1.807) is 24.3 Å². The number of rotatable bonds is 11. The molecular formula is C27H27ClFN3O2. The van der Waals surface area contributed by atoms with E-state index in [1.807, 2.05) is 30.3 Å². The van der Waals surface area contributed by atoms with Crippen molar-refractivity contribution in [1.82, 2.24) is 14.9 Å². The molecule has 0 saturated carbocycles. The van der Waals surface area contributed by atoms with Gasteiger partial charge in [-0.3, -0.25) is 4.79 Å². The van der Waals surface area contributed by atoms with E-state index in [4.69, 9.17) is 21.3 Å². The van der Waals surface area contributed by atoms with E-state index in [-0.39, 0.29) is 18.3 Å². The molecule has 0 unspecified atom stereocenters. The lowest BCUT2D eigenvalue weighted by atomic mass is 10.1. The molecule has 1 N–H and O–H groups in total. The highest BCUT2D eigenvalue weighted by atomic mass is 35.5. The van der Waals surface area contributed by atoms with Gasteiger partial charge in [0.05, 0.1) is 11.0 Å². The standard InChI is InChI=1S/C27H27ClFN3O2/c28-21-11-15-23(16-12-21)34-19-27(33)30-17-5-1-2-8-26-31-24-6-3-4-7-25(24)32(26)18-20-9-13-22(29)14-10-20/h3-4,6-7,9-16H,1-2,5,8,17-19H2,(H,30,33). The van der Waals surface area contributed by atoms with E-state index >= 15 is 0 Å². The number of fused-ring (bicyclic) bond motifs is 1. The Labute approximate surface area is 203 Å². The molecule has 1 amide bonds. The number of ether oxygens (including phenoxy) is 1. The van der Waals surface area contributed by atoms with Gasteiger partial charge >= 0.3 is 0 Å². The molecule has 3 aromatic carbocycles. The van der Waals surface area contributed by atoms with E-state index in [0.717, 1.165) is 48.1 Å². The van der Waals surface area contributed by atoms with Crippen LogP contribution in [0.15, 0.2) is 72.8 Å². The van der Waals surface area contributed by atoms with Crippen LogP contribution in [0.4, 0.5) is 4.39 Å². The topological polar surface area (TPSA) is 56.1 Å². The quantitative estimate of drug-likeness (QED) is 0.277. The summed E-state index contributed by atoms with van der Waals surface area (Å²) in [6.45, 7) is 1.24. The minimum atomic E-state index is -0.233. The minimum absolute atomic E-state index is 0.0188. The number of aryl methyl sites for hydroxylation is 1. The normalized spacial score (nSPS) is 11.0. The molecule has 0 aliphatic heterocycles. The molecule has 0 aliphatic rings. The third-order valence-corrected chi connectivity index (χ3v) is 5.82. The summed E-state index contributed by atoms with van der Waals surface area (Å²) in [6.07, 6.45) is 3.65. The maximum absolute atomic E-state index is 13.3. The number of halogens is 2. The average molecular weight is 480 g/mol. The van der Waals surface area contributed by atoms with Gasteiger partial charge in [-0.25, -0.2) is 9.37 Å². The lowest BCUT2D eigenvalue weighted by molar-refractivity contribution is -0.123. The lowest BCUT2D eigenvalue weighted by Crippen LogP contribution is -2.29. The lowest BCUT2D eigenvalue weighted by Gasteiger charge is -2.10. The van der Waals surface area contributed by atoms with Gasteiger partial charge in [0.2, 0.25) is 0 Å². The molecule has 34 heavy (non-hydrogen) atoms. The van der Waals surface area contributed by atoms with Gasteiger partial charge in [0.25, 0.3) is 5.91 Å². The summed E-state index contributed by atoms with van der Waals surface area (Å²) in [5.41, 5.74) is 3.08. The van der Waals surface area contributed by atoms with Crippen LogP contribution in [-0.4, -0.2) is 28.6 Å². The van der Waals surface area contributed by atoms with Gasteiger partial charge in [0.1, 0.15) is 17.4 Å². The summed E-state index contributed by atoms with van der Waals surface area (Å²) in [4.78, 5) is 16.8. The molecule has 1 aromatic heterocycles. The Morgan fingerprint density at radius 2 is 1.74 bits per heavy atom. The molecule has 4 rings (SSSR count). The first-order valence-electron chi connectivity index (χ1n) is 11.4. The van der Waals surface area contributed by atoms with Crippen molar-refractivity contribution < 1.29 is 13.9 Å². The SMILES string of the molecule is O=C(COc1ccc(Cl)cc1)NCCCCCc1nc2ccccc2n1Cc1ccc(F)cc1. The number of imidazole rings is 1. The predicted molar refractivity (Wildman–Crippen MR) is 133 cm³/mol. The number of carbonyl (C=O) groups is 1. The van der Waals surface area contributed by atoms with Crippen LogP contribution in [0.2, 0.25) is 5.02 Å². The largest absolute Gasteiger partial charge is 0.484 e. The van der Waals surface area contributed by atoms with Crippen LogP contribution in [-0.2, 0) is 17.8 Å². The first kappa shape index (κ1) is 23.8. The van der Waals surface area contributed by atoms with Crippen molar-refractivity contribution in [2.45, 2.75) is 32.2 Å². The summed E-state index contributed by atoms with van der Waals surface area (Å²) < 4.78 is 21.0. The van der Waals surface area contributed by atoms with Crippen molar-refractivity contribution in [2.24, 2.45) is 0 Å². The molecule has 1 heterocycles. The highest BCUT2D eigenvalue weighted by molar-refractivity contribution is 6.30. The van der Waals surface area contributed by atoms with Gasteiger partial charge in [-0.15, -0.1) is 0 Å². The first-order chi connectivity index (χ1) is 16.6. The van der Waals surface area contributed by atoms with Gasteiger partial charge in [0, 0.05) is 24.5 Å². The zero-order valence-corrected chi connectivity index (χ0v) is 19.6. The van der Waals surface area contributed by atoms with Gasteiger partial charge in [-0.2, -0.15) is 0 Å². The number of unbranched alkanes of at least 4 members (excludes halogenated alkanes) is 2. The Morgan fingerprint density at radius 1 is 0.971 bits per heavy atom. The molecule has 0 atom stereocenters. The van der Waals surface area contributed by atoms with E-state index in [9.17, 15) is 9.18 Å². The van der Waals surface area contributed by atoms with Crippen molar-refractivity contribution in [2.75, 3.05) is 13.2 Å². The van der Waals surface area contributed by atoms with Crippen molar-refractivity contribution in [3.8, 4) is 5.75 Å². The van der Waals surface area contributed by atoms with E-state index in [0.29, 0.717) is 23.9 Å². The second-order valence-electron chi connectivity index (χ2n) is 8.13. The Hall–Kier alpha value is -3.38. The van der Waals surface area contributed by atoms with Crippen LogP contribution < -0.4 is 10.1 Å². The second-order valence-corrected chi connectivity index (χ2v) is 8.57. The monoisotopic (exact) mass is 479 g/mol. The molecule has 0 saturated heterocycles. The Morgan fingerprint density at radius 3 is 2.53 bits per heavy atom.